The number of carbonyl (C=O) groups excluding carboxylic acids is 1. The van der Waals surface area contributed by atoms with E-state index in [0.29, 0.717) is 21.7 Å². The molecular weight excluding hydrogens is 305 g/mol. The molecule has 0 saturated carbocycles. The summed E-state index contributed by atoms with van der Waals surface area (Å²) >= 11 is 5.94. The number of benzene rings is 2. The van der Waals surface area contributed by atoms with Gasteiger partial charge < -0.3 is 9.73 Å². The van der Waals surface area contributed by atoms with E-state index < -0.39 is 11.7 Å². The summed E-state index contributed by atoms with van der Waals surface area (Å²) in [5.41, 5.74) is 2.16. The van der Waals surface area contributed by atoms with Crippen molar-refractivity contribution in [2.24, 2.45) is 0 Å². The fourth-order valence-corrected chi connectivity index (χ4v) is 2.51. The molecule has 0 aliphatic rings. The third kappa shape index (κ3) is 2.46. The smallest absolute Gasteiger partial charge is 0.291 e. The van der Waals surface area contributed by atoms with Crippen molar-refractivity contribution < 1.29 is 13.6 Å². The zero-order valence-electron chi connectivity index (χ0n) is 12.0. The summed E-state index contributed by atoms with van der Waals surface area (Å²) in [6.45, 7) is 3.59. The summed E-state index contributed by atoms with van der Waals surface area (Å²) in [5.74, 6) is -0.823. The van der Waals surface area contributed by atoms with E-state index >= 15 is 0 Å². The van der Waals surface area contributed by atoms with Crippen LogP contribution < -0.4 is 5.32 Å². The van der Waals surface area contributed by atoms with Crippen LogP contribution in [0.2, 0.25) is 5.02 Å². The zero-order valence-corrected chi connectivity index (χ0v) is 12.8. The SMILES string of the molecule is Cc1ccc(Cl)cc1NC(=O)c1oc2c(F)cccc2c1C. The van der Waals surface area contributed by atoms with E-state index in [1.54, 1.807) is 31.2 Å². The van der Waals surface area contributed by atoms with Gasteiger partial charge in [-0.05, 0) is 37.6 Å². The minimum atomic E-state index is -0.487. The van der Waals surface area contributed by atoms with Crippen molar-refractivity contribution in [3.8, 4) is 0 Å². The molecular formula is C17H13ClFNO2. The number of hydrogen-bond donors (Lipinski definition) is 1. The second kappa shape index (κ2) is 5.46. The van der Waals surface area contributed by atoms with Gasteiger partial charge in [0.2, 0.25) is 0 Å². The van der Waals surface area contributed by atoms with Crippen molar-refractivity contribution in [3.05, 3.63) is 64.1 Å². The molecule has 3 nitrogen and oxygen atoms in total. The molecule has 22 heavy (non-hydrogen) atoms. The Labute approximate surface area is 131 Å². The normalized spacial score (nSPS) is 10.9. The minimum Gasteiger partial charge on any atom is -0.448 e. The highest BCUT2D eigenvalue weighted by Gasteiger charge is 2.20. The molecule has 1 heterocycles. The summed E-state index contributed by atoms with van der Waals surface area (Å²) in [5, 5.41) is 3.86. The maximum absolute atomic E-state index is 13.7. The second-order valence-electron chi connectivity index (χ2n) is 5.09. The van der Waals surface area contributed by atoms with E-state index in [-0.39, 0.29) is 11.3 Å². The van der Waals surface area contributed by atoms with E-state index in [1.165, 1.54) is 6.07 Å². The Balaban J connectivity index is 2.01. The summed E-state index contributed by atoms with van der Waals surface area (Å²) in [7, 11) is 0. The Morgan fingerprint density at radius 1 is 1.23 bits per heavy atom. The number of halogens is 2. The van der Waals surface area contributed by atoms with Crippen molar-refractivity contribution in [2.45, 2.75) is 13.8 Å². The van der Waals surface area contributed by atoms with Crippen LogP contribution in [0.25, 0.3) is 11.0 Å². The molecule has 1 amide bonds. The Morgan fingerprint density at radius 3 is 2.73 bits per heavy atom. The third-order valence-electron chi connectivity index (χ3n) is 3.57. The molecule has 1 aromatic heterocycles. The zero-order chi connectivity index (χ0) is 15.9. The standard InChI is InChI=1S/C17H13ClFNO2/c1-9-6-7-11(18)8-14(9)20-17(21)15-10(2)12-4-3-5-13(19)16(12)22-15/h3-8H,1-2H3,(H,20,21). The van der Waals surface area contributed by atoms with Crippen LogP contribution in [0.1, 0.15) is 21.7 Å². The van der Waals surface area contributed by atoms with Gasteiger partial charge in [-0.15, -0.1) is 0 Å². The number of anilines is 1. The highest BCUT2D eigenvalue weighted by molar-refractivity contribution is 6.31. The Bertz CT molecular complexity index is 886. The van der Waals surface area contributed by atoms with Gasteiger partial charge >= 0.3 is 0 Å². The lowest BCUT2D eigenvalue weighted by molar-refractivity contribution is 0.0997. The first-order valence-electron chi connectivity index (χ1n) is 6.72. The summed E-state index contributed by atoms with van der Waals surface area (Å²) in [6, 6.07) is 9.82. The van der Waals surface area contributed by atoms with Crippen LogP contribution in [-0.2, 0) is 0 Å². The van der Waals surface area contributed by atoms with Gasteiger partial charge in [0.15, 0.2) is 17.2 Å². The number of rotatable bonds is 2. The number of furan rings is 1. The summed E-state index contributed by atoms with van der Waals surface area (Å²) in [4.78, 5) is 12.4. The van der Waals surface area contributed by atoms with Gasteiger partial charge in [-0.25, -0.2) is 4.39 Å². The van der Waals surface area contributed by atoms with Crippen LogP contribution in [-0.4, -0.2) is 5.91 Å². The molecule has 0 radical (unpaired) electrons. The highest BCUT2D eigenvalue weighted by atomic mass is 35.5. The molecule has 0 saturated heterocycles. The molecule has 0 unspecified atom stereocenters. The number of nitrogens with one attached hydrogen (secondary N) is 1. The van der Waals surface area contributed by atoms with Crippen LogP contribution in [0.4, 0.5) is 10.1 Å². The van der Waals surface area contributed by atoms with Gasteiger partial charge in [-0.3, -0.25) is 4.79 Å². The largest absolute Gasteiger partial charge is 0.448 e. The maximum atomic E-state index is 13.7. The van der Waals surface area contributed by atoms with E-state index in [9.17, 15) is 9.18 Å². The van der Waals surface area contributed by atoms with Crippen LogP contribution in [0.15, 0.2) is 40.8 Å². The summed E-state index contributed by atoms with van der Waals surface area (Å²) in [6.07, 6.45) is 0. The molecule has 2 aromatic carbocycles. The van der Waals surface area contributed by atoms with Gasteiger partial charge in [0, 0.05) is 21.7 Å². The Kier molecular flexibility index (Phi) is 3.62. The molecule has 0 bridgehead atoms. The molecule has 3 aromatic rings. The van der Waals surface area contributed by atoms with E-state index in [2.05, 4.69) is 5.32 Å². The van der Waals surface area contributed by atoms with E-state index in [1.807, 2.05) is 13.0 Å². The summed E-state index contributed by atoms with van der Waals surface area (Å²) < 4.78 is 19.2. The predicted octanol–water partition coefficient (Wildman–Crippen LogP) is 5.09. The molecule has 5 heteroatoms. The topological polar surface area (TPSA) is 42.2 Å². The van der Waals surface area contributed by atoms with Crippen LogP contribution in [0.5, 0.6) is 0 Å². The molecule has 0 atom stereocenters. The van der Waals surface area contributed by atoms with Crippen molar-refractivity contribution in [1.82, 2.24) is 0 Å². The molecule has 0 aliphatic heterocycles. The monoisotopic (exact) mass is 317 g/mol. The first-order valence-corrected chi connectivity index (χ1v) is 7.10. The quantitative estimate of drug-likeness (QED) is 0.715. The lowest BCUT2D eigenvalue weighted by Crippen LogP contribution is -2.13. The van der Waals surface area contributed by atoms with Gasteiger partial charge in [0.1, 0.15) is 0 Å². The van der Waals surface area contributed by atoms with Crippen LogP contribution in [0, 0.1) is 19.7 Å². The number of carbonyl (C=O) groups is 1. The Morgan fingerprint density at radius 2 is 2.00 bits per heavy atom. The molecule has 112 valence electrons. The molecule has 0 aliphatic carbocycles. The van der Waals surface area contributed by atoms with Gasteiger partial charge in [-0.2, -0.15) is 0 Å². The first-order chi connectivity index (χ1) is 10.5. The van der Waals surface area contributed by atoms with Crippen LogP contribution in [0.3, 0.4) is 0 Å². The van der Waals surface area contributed by atoms with E-state index in [4.69, 9.17) is 16.0 Å². The maximum Gasteiger partial charge on any atom is 0.291 e. The number of amides is 1. The first kappa shape index (κ1) is 14.6. The second-order valence-corrected chi connectivity index (χ2v) is 5.52. The number of aryl methyl sites for hydroxylation is 2. The van der Waals surface area contributed by atoms with Crippen molar-refractivity contribution in [2.75, 3.05) is 5.32 Å². The average Bonchev–Trinajstić information content (AvgIpc) is 2.82. The highest BCUT2D eigenvalue weighted by Crippen LogP contribution is 2.28. The van der Waals surface area contributed by atoms with Crippen molar-refractivity contribution in [1.29, 1.82) is 0 Å². The number of para-hydroxylation sites is 1. The average molecular weight is 318 g/mol. The fourth-order valence-electron chi connectivity index (χ4n) is 2.33. The fraction of sp³-hybridized carbons (Fsp3) is 0.118. The third-order valence-corrected chi connectivity index (χ3v) is 3.80. The molecule has 0 fully saturated rings. The Hall–Kier alpha value is -2.33. The number of hydrogen-bond acceptors (Lipinski definition) is 2. The van der Waals surface area contributed by atoms with Crippen LogP contribution >= 0.6 is 11.6 Å². The molecule has 3 rings (SSSR count). The number of fused-ring (bicyclic) bond motifs is 1. The molecule has 1 N–H and O–H groups in total. The molecule has 0 spiro atoms. The van der Waals surface area contributed by atoms with Crippen molar-refractivity contribution in [3.63, 3.8) is 0 Å². The predicted molar refractivity (Wildman–Crippen MR) is 85.1 cm³/mol. The minimum absolute atomic E-state index is 0.0907. The van der Waals surface area contributed by atoms with Crippen molar-refractivity contribution >= 4 is 34.2 Å². The van der Waals surface area contributed by atoms with E-state index in [0.717, 1.165) is 5.56 Å². The van der Waals surface area contributed by atoms with Gasteiger partial charge in [0.25, 0.3) is 5.91 Å². The van der Waals surface area contributed by atoms with Gasteiger partial charge in [0.05, 0.1) is 0 Å². The van der Waals surface area contributed by atoms with Gasteiger partial charge in [-0.1, -0.05) is 29.8 Å². The lowest BCUT2D eigenvalue weighted by atomic mass is 10.1. The lowest BCUT2D eigenvalue weighted by Gasteiger charge is -2.07.